The molecular weight excluding hydrogens is 376 g/mol. The van der Waals surface area contributed by atoms with Crippen LogP contribution in [0.2, 0.25) is 0 Å². The van der Waals surface area contributed by atoms with E-state index in [9.17, 15) is 0 Å². The second-order valence-electron chi connectivity index (χ2n) is 7.32. The molecule has 7 heteroatoms. The minimum atomic E-state index is 0.256. The van der Waals surface area contributed by atoms with Crippen LogP contribution in [0.5, 0.6) is 5.75 Å². The summed E-state index contributed by atoms with van der Waals surface area (Å²) in [6.45, 7) is 0.866. The Morgan fingerprint density at radius 3 is 2.73 bits per heavy atom. The first kappa shape index (κ1) is 19.6. The summed E-state index contributed by atoms with van der Waals surface area (Å²) < 4.78 is 5.58. The van der Waals surface area contributed by atoms with Gasteiger partial charge in [-0.3, -0.25) is 5.10 Å². The van der Waals surface area contributed by atoms with Crippen molar-refractivity contribution >= 4 is 29.0 Å². The molecule has 0 aliphatic carbocycles. The van der Waals surface area contributed by atoms with Crippen molar-refractivity contribution in [3.8, 4) is 17.0 Å². The lowest BCUT2D eigenvalue weighted by Crippen LogP contribution is -2.10. The van der Waals surface area contributed by atoms with E-state index in [0.29, 0.717) is 0 Å². The maximum Gasteiger partial charge on any atom is 0.220 e. The minimum Gasteiger partial charge on any atom is -0.496 e. The Balaban J connectivity index is 1.62. The zero-order valence-electron chi connectivity index (χ0n) is 17.3. The van der Waals surface area contributed by atoms with Crippen LogP contribution in [-0.2, 0) is 6.54 Å². The van der Waals surface area contributed by atoms with Gasteiger partial charge in [0, 0.05) is 29.3 Å². The third-order valence-electron chi connectivity index (χ3n) is 4.78. The largest absolute Gasteiger partial charge is 0.496 e. The molecule has 0 radical (unpaired) electrons. The van der Waals surface area contributed by atoms with Crippen LogP contribution in [0.25, 0.3) is 34.3 Å². The summed E-state index contributed by atoms with van der Waals surface area (Å²) in [5, 5.41) is 8.58. The highest BCUT2D eigenvalue weighted by Gasteiger charge is 2.08. The van der Waals surface area contributed by atoms with Gasteiger partial charge in [-0.1, -0.05) is 18.2 Å². The maximum absolute atomic E-state index is 5.70. The summed E-state index contributed by atoms with van der Waals surface area (Å²) in [6, 6.07) is 14.1. The van der Waals surface area contributed by atoms with Crippen LogP contribution in [0, 0.1) is 0 Å². The third kappa shape index (κ3) is 4.16. The van der Waals surface area contributed by atoms with E-state index in [1.54, 1.807) is 13.3 Å². The molecule has 0 amide bonds. The van der Waals surface area contributed by atoms with E-state index >= 15 is 0 Å². The van der Waals surface area contributed by atoms with Gasteiger partial charge in [0.1, 0.15) is 5.75 Å². The average Bonchev–Trinajstić information content (AvgIpc) is 3.14. The molecule has 7 nitrogen and oxygen atoms in total. The van der Waals surface area contributed by atoms with Crippen LogP contribution in [0.4, 0.5) is 5.95 Å². The number of rotatable bonds is 6. The highest BCUT2D eigenvalue weighted by Crippen LogP contribution is 2.27. The van der Waals surface area contributed by atoms with Crippen molar-refractivity contribution in [2.24, 2.45) is 0 Å². The molecule has 2 heterocycles. The first-order valence-corrected chi connectivity index (χ1v) is 9.60. The number of nitrogens with one attached hydrogen (secondary N) is 1. The second-order valence-corrected chi connectivity index (χ2v) is 7.32. The molecule has 4 rings (SSSR count). The molecule has 2 aromatic heterocycles. The van der Waals surface area contributed by atoms with Gasteiger partial charge in [0.25, 0.3) is 0 Å². The fourth-order valence-corrected chi connectivity index (χ4v) is 3.39. The Morgan fingerprint density at radius 1 is 1.10 bits per heavy atom. The topological polar surface area (TPSA) is 93.0 Å². The first-order chi connectivity index (χ1) is 14.5. The molecule has 0 saturated heterocycles. The highest BCUT2D eigenvalue weighted by atomic mass is 16.5. The molecule has 152 valence electrons. The quantitative estimate of drug-likeness (QED) is 0.511. The molecule has 0 saturated carbocycles. The molecule has 0 atom stereocenters. The van der Waals surface area contributed by atoms with Crippen LogP contribution in [0.3, 0.4) is 0 Å². The van der Waals surface area contributed by atoms with E-state index in [1.165, 1.54) is 5.56 Å². The maximum atomic E-state index is 5.70. The van der Waals surface area contributed by atoms with Crippen molar-refractivity contribution in [2.75, 3.05) is 26.9 Å². The monoisotopic (exact) mass is 400 g/mol. The standard InChI is InChI=1S/C23H24N6O/c1-29(2)14-15-4-5-16(22(12-15)30-3)7-9-20-18-8-6-17(13-21(18)28-27-20)19-10-11-25-23(24)26-19/h4-13H,14H2,1-3H3,(H,27,28)(H2,24,25,26). The van der Waals surface area contributed by atoms with Crippen molar-refractivity contribution in [2.45, 2.75) is 6.54 Å². The lowest BCUT2D eigenvalue weighted by Gasteiger charge is -2.12. The summed E-state index contributed by atoms with van der Waals surface area (Å²) in [5.41, 5.74) is 11.4. The summed E-state index contributed by atoms with van der Waals surface area (Å²) in [6.07, 6.45) is 5.66. The number of aromatic nitrogens is 4. The molecule has 3 N–H and O–H groups in total. The molecular formula is C23H24N6O. The van der Waals surface area contributed by atoms with Gasteiger partial charge >= 0.3 is 0 Å². The zero-order chi connectivity index (χ0) is 21.1. The van der Waals surface area contributed by atoms with Gasteiger partial charge in [0.05, 0.1) is 24.0 Å². The van der Waals surface area contributed by atoms with Gasteiger partial charge < -0.3 is 15.4 Å². The fourth-order valence-electron chi connectivity index (χ4n) is 3.39. The van der Waals surface area contributed by atoms with Crippen molar-refractivity contribution in [3.05, 3.63) is 65.5 Å². The number of H-pyrrole nitrogens is 1. The summed E-state index contributed by atoms with van der Waals surface area (Å²) in [7, 11) is 5.79. The van der Waals surface area contributed by atoms with E-state index in [1.807, 2.05) is 50.5 Å². The smallest absolute Gasteiger partial charge is 0.220 e. The molecule has 0 bridgehead atoms. The fraction of sp³-hybridized carbons (Fsp3) is 0.174. The van der Waals surface area contributed by atoms with E-state index in [0.717, 1.165) is 45.7 Å². The Labute approximate surface area is 175 Å². The normalized spacial score (nSPS) is 11.6. The molecule has 0 fully saturated rings. The Morgan fingerprint density at radius 2 is 1.97 bits per heavy atom. The minimum absolute atomic E-state index is 0.256. The van der Waals surface area contributed by atoms with Crippen LogP contribution in [-0.4, -0.2) is 46.3 Å². The van der Waals surface area contributed by atoms with Gasteiger partial charge in [0.2, 0.25) is 5.95 Å². The molecule has 0 spiro atoms. The lowest BCUT2D eigenvalue weighted by atomic mass is 10.1. The van der Waals surface area contributed by atoms with Crippen LogP contribution < -0.4 is 10.5 Å². The number of fused-ring (bicyclic) bond motifs is 1. The summed E-state index contributed by atoms with van der Waals surface area (Å²) >= 11 is 0. The number of hydrogen-bond acceptors (Lipinski definition) is 6. The Kier molecular flexibility index (Phi) is 5.45. The predicted molar refractivity (Wildman–Crippen MR) is 121 cm³/mol. The number of ether oxygens (including phenoxy) is 1. The van der Waals surface area contributed by atoms with Crippen molar-refractivity contribution in [1.82, 2.24) is 25.1 Å². The van der Waals surface area contributed by atoms with E-state index in [2.05, 4.69) is 43.3 Å². The van der Waals surface area contributed by atoms with Gasteiger partial charge in [-0.15, -0.1) is 0 Å². The van der Waals surface area contributed by atoms with Crippen molar-refractivity contribution in [3.63, 3.8) is 0 Å². The van der Waals surface area contributed by atoms with Gasteiger partial charge in [-0.25, -0.2) is 9.97 Å². The van der Waals surface area contributed by atoms with Crippen LogP contribution in [0.1, 0.15) is 16.8 Å². The SMILES string of the molecule is COc1cc(CN(C)C)ccc1C=Cc1n[nH]c2cc(-c3ccnc(N)n3)ccc12. The first-order valence-electron chi connectivity index (χ1n) is 9.60. The molecule has 0 aliphatic heterocycles. The number of benzene rings is 2. The molecule has 2 aromatic carbocycles. The number of anilines is 1. The lowest BCUT2D eigenvalue weighted by molar-refractivity contribution is 0.395. The molecule has 0 aliphatic rings. The Bertz CT molecular complexity index is 1210. The molecule has 4 aromatic rings. The van der Waals surface area contributed by atoms with Crippen LogP contribution in [0.15, 0.2) is 48.7 Å². The van der Waals surface area contributed by atoms with E-state index < -0.39 is 0 Å². The number of hydrogen-bond donors (Lipinski definition) is 2. The van der Waals surface area contributed by atoms with Crippen molar-refractivity contribution < 1.29 is 4.74 Å². The number of nitrogen functional groups attached to an aromatic ring is 1. The van der Waals surface area contributed by atoms with Gasteiger partial charge in [0.15, 0.2) is 0 Å². The zero-order valence-corrected chi connectivity index (χ0v) is 17.3. The number of nitrogens with zero attached hydrogens (tertiary/aromatic N) is 4. The van der Waals surface area contributed by atoms with Gasteiger partial charge in [-0.2, -0.15) is 5.10 Å². The third-order valence-corrected chi connectivity index (χ3v) is 4.78. The van der Waals surface area contributed by atoms with E-state index in [4.69, 9.17) is 10.5 Å². The Hall–Kier alpha value is -3.71. The number of aromatic amines is 1. The summed E-state index contributed by atoms with van der Waals surface area (Å²) in [5.74, 6) is 1.10. The van der Waals surface area contributed by atoms with Crippen molar-refractivity contribution in [1.29, 1.82) is 0 Å². The molecule has 0 unspecified atom stereocenters. The van der Waals surface area contributed by atoms with E-state index in [-0.39, 0.29) is 5.95 Å². The van der Waals surface area contributed by atoms with Crippen LogP contribution >= 0.6 is 0 Å². The predicted octanol–water partition coefficient (Wildman–Crippen LogP) is 3.84. The summed E-state index contributed by atoms with van der Waals surface area (Å²) in [4.78, 5) is 10.4. The molecule has 30 heavy (non-hydrogen) atoms. The average molecular weight is 400 g/mol. The number of methoxy groups -OCH3 is 1. The van der Waals surface area contributed by atoms with Gasteiger partial charge in [-0.05, 0) is 56.1 Å². The number of nitrogens with two attached hydrogens (primary N) is 1. The second kappa shape index (κ2) is 8.34. The highest BCUT2D eigenvalue weighted by molar-refractivity contribution is 5.92.